The predicted molar refractivity (Wildman–Crippen MR) is 68.5 cm³/mol. The van der Waals surface area contributed by atoms with Gasteiger partial charge in [-0.2, -0.15) is 0 Å². The van der Waals surface area contributed by atoms with Gasteiger partial charge in [-0.3, -0.25) is 0 Å². The Kier molecular flexibility index (Phi) is 5.24. The van der Waals surface area contributed by atoms with Gasteiger partial charge in [0, 0.05) is 11.9 Å². The van der Waals surface area contributed by atoms with E-state index in [1.54, 1.807) is 6.92 Å². The van der Waals surface area contributed by atoms with Crippen LogP contribution in [0.1, 0.15) is 26.2 Å². The van der Waals surface area contributed by atoms with Gasteiger partial charge in [0.05, 0.1) is 16.8 Å². The largest absolute Gasteiger partial charge is 0.229 e. The molecule has 0 amide bonds. The summed E-state index contributed by atoms with van der Waals surface area (Å²) in [5.74, 6) is -0.0744. The van der Waals surface area contributed by atoms with Crippen molar-refractivity contribution in [3.05, 3.63) is 0 Å². The van der Waals surface area contributed by atoms with Crippen LogP contribution in [0.4, 0.5) is 0 Å². The third-order valence-corrected chi connectivity index (χ3v) is 6.68. The fourth-order valence-corrected chi connectivity index (χ4v) is 5.09. The van der Waals surface area contributed by atoms with Crippen LogP contribution < -0.4 is 4.72 Å². The lowest BCUT2D eigenvalue weighted by Gasteiger charge is -2.22. The zero-order valence-electron chi connectivity index (χ0n) is 9.72. The Morgan fingerprint density at radius 1 is 1.35 bits per heavy atom. The molecule has 1 rings (SSSR count). The monoisotopic (exact) mass is 303 g/mol. The molecule has 0 saturated carbocycles. The summed E-state index contributed by atoms with van der Waals surface area (Å²) < 4.78 is 48.5. The van der Waals surface area contributed by atoms with Gasteiger partial charge in [0.2, 0.25) is 10.0 Å². The van der Waals surface area contributed by atoms with Crippen LogP contribution in [0.5, 0.6) is 0 Å². The third-order valence-electron chi connectivity index (χ3n) is 2.79. The van der Waals surface area contributed by atoms with E-state index >= 15 is 0 Å². The quantitative estimate of drug-likeness (QED) is 0.750. The zero-order valence-corrected chi connectivity index (χ0v) is 12.1. The second-order valence-corrected chi connectivity index (χ2v) is 9.45. The van der Waals surface area contributed by atoms with Gasteiger partial charge < -0.3 is 0 Å². The lowest BCUT2D eigenvalue weighted by molar-refractivity contribution is 0.541. The second kappa shape index (κ2) is 5.86. The molecule has 0 radical (unpaired) electrons. The Hall–Kier alpha value is 0.150. The van der Waals surface area contributed by atoms with E-state index in [2.05, 4.69) is 4.72 Å². The van der Waals surface area contributed by atoms with E-state index in [1.807, 2.05) is 0 Å². The third kappa shape index (κ3) is 5.11. The molecule has 1 N–H and O–H groups in total. The van der Waals surface area contributed by atoms with Crippen LogP contribution in [0.2, 0.25) is 0 Å². The molecule has 1 unspecified atom stereocenters. The molecule has 1 heterocycles. The summed E-state index contributed by atoms with van der Waals surface area (Å²) >= 11 is 5.72. The van der Waals surface area contributed by atoms with Crippen LogP contribution in [0, 0.1) is 0 Å². The van der Waals surface area contributed by atoms with Crippen LogP contribution in [-0.2, 0) is 19.9 Å². The van der Waals surface area contributed by atoms with Crippen molar-refractivity contribution in [1.29, 1.82) is 0 Å². The van der Waals surface area contributed by atoms with E-state index in [1.165, 1.54) is 0 Å². The summed E-state index contributed by atoms with van der Waals surface area (Å²) in [6, 6.07) is 0. The Balaban J connectivity index is 2.49. The molecular weight excluding hydrogens is 286 g/mol. The summed E-state index contributed by atoms with van der Waals surface area (Å²) in [6.45, 7) is 2.10. The first-order chi connectivity index (χ1) is 7.73. The van der Waals surface area contributed by atoms with Gasteiger partial charge in [-0.1, -0.05) is 0 Å². The Bertz CT molecular complexity index is 430. The smallest absolute Gasteiger partial charge is 0.214 e. The zero-order chi connectivity index (χ0) is 13.1. The van der Waals surface area contributed by atoms with Gasteiger partial charge in [-0.25, -0.2) is 21.6 Å². The number of rotatable bonds is 5. The molecule has 1 aliphatic rings. The fourth-order valence-electron chi connectivity index (χ4n) is 1.70. The van der Waals surface area contributed by atoms with Gasteiger partial charge >= 0.3 is 0 Å². The highest BCUT2D eigenvalue weighted by molar-refractivity contribution is 7.92. The molecule has 1 saturated heterocycles. The molecule has 0 aliphatic carbocycles. The van der Waals surface area contributed by atoms with Crippen molar-refractivity contribution in [3.8, 4) is 0 Å². The number of halogens is 1. The molecule has 5 nitrogen and oxygen atoms in total. The van der Waals surface area contributed by atoms with Gasteiger partial charge in [0.1, 0.15) is 9.84 Å². The van der Waals surface area contributed by atoms with Gasteiger partial charge in [0.25, 0.3) is 0 Å². The van der Waals surface area contributed by atoms with Crippen molar-refractivity contribution in [3.63, 3.8) is 0 Å². The van der Waals surface area contributed by atoms with Crippen LogP contribution in [0.3, 0.4) is 0 Å². The van der Waals surface area contributed by atoms with Gasteiger partial charge in [-0.05, 0) is 26.2 Å². The van der Waals surface area contributed by atoms with Crippen LogP contribution in [0.25, 0.3) is 0 Å². The SMILES string of the molecule is CC(Cl)CCNS(=O)(=O)C1CCS(=O)(=O)CC1. The van der Waals surface area contributed by atoms with Gasteiger partial charge in [-0.15, -0.1) is 11.6 Å². The van der Waals surface area contributed by atoms with Crippen molar-refractivity contribution < 1.29 is 16.8 Å². The highest BCUT2D eigenvalue weighted by atomic mass is 35.5. The standard InChI is InChI=1S/C9H18ClNO4S2/c1-8(10)2-5-11-17(14,15)9-3-6-16(12,13)7-4-9/h8-9,11H,2-7H2,1H3. The predicted octanol–water partition coefficient (Wildman–Crippen LogP) is 0.500. The molecule has 0 aromatic heterocycles. The number of hydrogen-bond acceptors (Lipinski definition) is 4. The summed E-state index contributed by atoms with van der Waals surface area (Å²) in [5.41, 5.74) is 0. The Morgan fingerprint density at radius 2 is 1.88 bits per heavy atom. The first-order valence-electron chi connectivity index (χ1n) is 5.56. The van der Waals surface area contributed by atoms with Crippen molar-refractivity contribution in [2.24, 2.45) is 0 Å². The van der Waals surface area contributed by atoms with E-state index in [4.69, 9.17) is 11.6 Å². The summed E-state index contributed by atoms with van der Waals surface area (Å²) in [4.78, 5) is 0. The Morgan fingerprint density at radius 3 is 2.35 bits per heavy atom. The first kappa shape index (κ1) is 15.2. The topological polar surface area (TPSA) is 80.3 Å². The molecule has 0 aromatic carbocycles. The van der Waals surface area contributed by atoms with E-state index < -0.39 is 25.1 Å². The highest BCUT2D eigenvalue weighted by Crippen LogP contribution is 2.18. The molecule has 1 fully saturated rings. The first-order valence-corrected chi connectivity index (χ1v) is 9.36. The minimum atomic E-state index is -3.40. The van der Waals surface area contributed by atoms with Crippen LogP contribution >= 0.6 is 11.6 Å². The molecule has 17 heavy (non-hydrogen) atoms. The number of sulfonamides is 1. The van der Waals surface area contributed by atoms with Crippen LogP contribution in [-0.4, -0.2) is 45.5 Å². The maximum Gasteiger partial charge on any atom is 0.214 e. The average molecular weight is 304 g/mol. The van der Waals surface area contributed by atoms with Crippen LogP contribution in [0.15, 0.2) is 0 Å². The molecule has 1 aliphatic heterocycles. The second-order valence-electron chi connectivity index (χ2n) is 4.36. The van der Waals surface area contributed by atoms with E-state index in [-0.39, 0.29) is 29.7 Å². The van der Waals surface area contributed by atoms with Crippen molar-refractivity contribution >= 4 is 31.5 Å². The van der Waals surface area contributed by atoms with Crippen molar-refractivity contribution in [1.82, 2.24) is 4.72 Å². The minimum absolute atomic E-state index is 0.0372. The van der Waals surface area contributed by atoms with Crippen molar-refractivity contribution in [2.75, 3.05) is 18.1 Å². The summed E-state index contributed by atoms with van der Waals surface area (Å²) in [5, 5.41) is -0.666. The highest BCUT2D eigenvalue weighted by Gasteiger charge is 2.32. The lowest BCUT2D eigenvalue weighted by atomic mass is 10.2. The lowest BCUT2D eigenvalue weighted by Crippen LogP contribution is -2.40. The minimum Gasteiger partial charge on any atom is -0.229 e. The Labute approximate surface area is 108 Å². The molecule has 0 spiro atoms. The summed E-state index contributed by atoms with van der Waals surface area (Å²) in [6.07, 6.45) is 0.938. The number of hydrogen-bond donors (Lipinski definition) is 1. The maximum absolute atomic E-state index is 11.8. The molecular formula is C9H18ClNO4S2. The van der Waals surface area contributed by atoms with E-state index in [0.717, 1.165) is 0 Å². The number of sulfone groups is 1. The molecule has 0 bridgehead atoms. The molecule has 1 atom stereocenters. The normalized spacial score (nSPS) is 23.4. The average Bonchev–Trinajstić information content (AvgIpc) is 2.15. The van der Waals surface area contributed by atoms with Gasteiger partial charge in [0.15, 0.2) is 0 Å². The summed E-state index contributed by atoms with van der Waals surface area (Å²) in [7, 11) is -6.43. The van der Waals surface area contributed by atoms with E-state index in [0.29, 0.717) is 13.0 Å². The molecule has 102 valence electrons. The van der Waals surface area contributed by atoms with Crippen molar-refractivity contribution in [2.45, 2.75) is 36.8 Å². The van der Waals surface area contributed by atoms with E-state index in [9.17, 15) is 16.8 Å². The number of nitrogens with one attached hydrogen (secondary N) is 1. The number of alkyl halides is 1. The maximum atomic E-state index is 11.8. The molecule has 8 heteroatoms. The molecule has 0 aromatic rings. The fraction of sp³-hybridized carbons (Fsp3) is 1.00.